The molecule has 18 heavy (non-hydrogen) atoms. The largest absolute Gasteiger partial charge is 0.396 e. The lowest BCUT2D eigenvalue weighted by Gasteiger charge is -2.38. The van der Waals surface area contributed by atoms with Gasteiger partial charge in [-0.2, -0.15) is 0 Å². The van der Waals surface area contributed by atoms with Crippen molar-refractivity contribution in [2.75, 3.05) is 18.1 Å². The number of rotatable bonds is 4. The van der Waals surface area contributed by atoms with E-state index in [4.69, 9.17) is 5.73 Å². The summed E-state index contributed by atoms with van der Waals surface area (Å²) < 4.78 is 0. The quantitative estimate of drug-likeness (QED) is 0.859. The molecular weight excluding hydrogens is 224 g/mol. The van der Waals surface area contributed by atoms with Gasteiger partial charge in [-0.1, -0.05) is 17.7 Å². The topological polar surface area (TPSA) is 49.5 Å². The van der Waals surface area contributed by atoms with Gasteiger partial charge < -0.3 is 15.7 Å². The van der Waals surface area contributed by atoms with E-state index in [0.717, 1.165) is 13.0 Å². The maximum atomic E-state index is 9.20. The molecule has 1 saturated heterocycles. The first kappa shape index (κ1) is 13.4. The highest BCUT2D eigenvalue weighted by atomic mass is 16.3. The number of nitrogens with zero attached hydrogens (tertiary/aromatic N) is 1. The van der Waals surface area contributed by atoms with Crippen molar-refractivity contribution < 1.29 is 5.11 Å². The Bertz CT molecular complexity index is 390. The molecule has 1 unspecified atom stereocenters. The van der Waals surface area contributed by atoms with Gasteiger partial charge in [0.05, 0.1) is 0 Å². The van der Waals surface area contributed by atoms with Crippen molar-refractivity contribution in [1.29, 1.82) is 0 Å². The summed E-state index contributed by atoms with van der Waals surface area (Å²) in [6, 6.07) is 6.99. The van der Waals surface area contributed by atoms with E-state index >= 15 is 0 Å². The van der Waals surface area contributed by atoms with Crippen molar-refractivity contribution in [3.8, 4) is 0 Å². The first-order chi connectivity index (χ1) is 8.76. The summed E-state index contributed by atoms with van der Waals surface area (Å²) in [6.07, 6.45) is 4.54. The zero-order valence-electron chi connectivity index (χ0n) is 11.2. The molecule has 1 heterocycles. The second-order valence-corrected chi connectivity index (χ2v) is 5.19. The molecule has 0 amide bonds. The normalized spacial score (nSPS) is 20.2. The second kappa shape index (κ2) is 6.21. The number of hydrogen-bond acceptors (Lipinski definition) is 3. The van der Waals surface area contributed by atoms with Gasteiger partial charge in [-0.3, -0.25) is 0 Å². The molecule has 3 nitrogen and oxygen atoms in total. The molecule has 1 aliphatic heterocycles. The number of aliphatic hydroxyl groups excluding tert-OH is 1. The lowest BCUT2D eigenvalue weighted by molar-refractivity contribution is 0.262. The molecule has 0 saturated carbocycles. The third-order valence-corrected chi connectivity index (χ3v) is 3.85. The minimum atomic E-state index is 0.269. The highest BCUT2D eigenvalue weighted by Gasteiger charge is 2.23. The Morgan fingerprint density at radius 2 is 2.22 bits per heavy atom. The fourth-order valence-corrected chi connectivity index (χ4v) is 2.92. The van der Waals surface area contributed by atoms with Crippen LogP contribution in [0.15, 0.2) is 18.2 Å². The third kappa shape index (κ3) is 2.85. The van der Waals surface area contributed by atoms with Gasteiger partial charge in [0.2, 0.25) is 0 Å². The van der Waals surface area contributed by atoms with Crippen molar-refractivity contribution in [3.05, 3.63) is 29.3 Å². The molecule has 0 spiro atoms. The Kier molecular flexibility index (Phi) is 4.61. The Hall–Kier alpha value is -1.06. The van der Waals surface area contributed by atoms with E-state index in [9.17, 15) is 5.11 Å². The van der Waals surface area contributed by atoms with Crippen LogP contribution in [-0.4, -0.2) is 24.3 Å². The van der Waals surface area contributed by atoms with E-state index in [-0.39, 0.29) is 6.61 Å². The highest BCUT2D eigenvalue weighted by molar-refractivity contribution is 5.56. The Morgan fingerprint density at radius 3 is 2.94 bits per heavy atom. The van der Waals surface area contributed by atoms with Crippen molar-refractivity contribution in [3.63, 3.8) is 0 Å². The summed E-state index contributed by atoms with van der Waals surface area (Å²) in [7, 11) is 0. The Balaban J connectivity index is 2.27. The van der Waals surface area contributed by atoms with Crippen LogP contribution in [0.5, 0.6) is 0 Å². The number of benzene rings is 1. The van der Waals surface area contributed by atoms with Crippen molar-refractivity contribution in [2.45, 2.75) is 45.2 Å². The van der Waals surface area contributed by atoms with Crippen LogP contribution in [0.3, 0.4) is 0 Å². The number of hydrogen-bond donors (Lipinski definition) is 2. The predicted octanol–water partition coefficient (Wildman–Crippen LogP) is 2.20. The molecule has 0 bridgehead atoms. The van der Waals surface area contributed by atoms with E-state index < -0.39 is 0 Å². The van der Waals surface area contributed by atoms with E-state index in [2.05, 4.69) is 30.0 Å². The van der Waals surface area contributed by atoms with Gasteiger partial charge in [-0.25, -0.2) is 0 Å². The predicted molar refractivity (Wildman–Crippen MR) is 75.8 cm³/mol. The van der Waals surface area contributed by atoms with Crippen LogP contribution in [0.1, 0.15) is 36.8 Å². The van der Waals surface area contributed by atoms with Gasteiger partial charge in [0.25, 0.3) is 0 Å². The lowest BCUT2D eigenvalue weighted by atomic mass is 9.97. The maximum Gasteiger partial charge on any atom is 0.0450 e. The molecule has 3 heteroatoms. The van der Waals surface area contributed by atoms with Crippen LogP contribution in [0, 0.1) is 6.92 Å². The molecule has 0 aliphatic carbocycles. The SMILES string of the molecule is Cc1ccc(N2CCCCC2CCO)c(CN)c1. The monoisotopic (exact) mass is 248 g/mol. The van der Waals surface area contributed by atoms with Crippen molar-refractivity contribution in [1.82, 2.24) is 0 Å². The van der Waals surface area contributed by atoms with Crippen LogP contribution >= 0.6 is 0 Å². The summed E-state index contributed by atoms with van der Waals surface area (Å²) in [6.45, 7) is 4.04. The van der Waals surface area contributed by atoms with Crippen LogP contribution < -0.4 is 10.6 Å². The summed E-state index contributed by atoms with van der Waals surface area (Å²) in [5.41, 5.74) is 9.62. The molecule has 2 rings (SSSR count). The first-order valence-electron chi connectivity index (χ1n) is 6.93. The molecule has 1 aromatic rings. The van der Waals surface area contributed by atoms with E-state index in [1.807, 2.05) is 0 Å². The highest BCUT2D eigenvalue weighted by Crippen LogP contribution is 2.29. The van der Waals surface area contributed by atoms with Gasteiger partial charge in [-0.15, -0.1) is 0 Å². The van der Waals surface area contributed by atoms with Crippen LogP contribution in [0.4, 0.5) is 5.69 Å². The van der Waals surface area contributed by atoms with E-state index in [0.29, 0.717) is 12.6 Å². The molecule has 3 N–H and O–H groups in total. The minimum absolute atomic E-state index is 0.269. The summed E-state index contributed by atoms with van der Waals surface area (Å²) in [5, 5.41) is 9.20. The summed E-state index contributed by atoms with van der Waals surface area (Å²) in [4.78, 5) is 2.45. The van der Waals surface area contributed by atoms with Crippen molar-refractivity contribution in [2.24, 2.45) is 5.73 Å². The smallest absolute Gasteiger partial charge is 0.0450 e. The molecule has 0 radical (unpaired) electrons. The van der Waals surface area contributed by atoms with Gasteiger partial charge >= 0.3 is 0 Å². The van der Waals surface area contributed by atoms with E-state index in [1.165, 1.54) is 36.1 Å². The first-order valence-corrected chi connectivity index (χ1v) is 6.93. The average Bonchev–Trinajstić information content (AvgIpc) is 2.40. The Labute approximate surface area is 110 Å². The maximum absolute atomic E-state index is 9.20. The van der Waals surface area contributed by atoms with Gasteiger partial charge in [0, 0.05) is 31.4 Å². The molecule has 1 aliphatic rings. The summed E-state index contributed by atoms with van der Waals surface area (Å²) in [5.74, 6) is 0. The molecule has 100 valence electrons. The molecule has 0 aromatic heterocycles. The van der Waals surface area contributed by atoms with E-state index in [1.54, 1.807) is 0 Å². The standard InChI is InChI=1S/C15H24N2O/c1-12-5-6-15(13(10-12)11-16)17-8-3-2-4-14(17)7-9-18/h5-6,10,14,18H,2-4,7-9,11,16H2,1H3. The van der Waals surface area contributed by atoms with Crippen LogP contribution in [0.25, 0.3) is 0 Å². The minimum Gasteiger partial charge on any atom is -0.396 e. The fourth-order valence-electron chi connectivity index (χ4n) is 2.92. The molecule has 1 fully saturated rings. The van der Waals surface area contributed by atoms with Gasteiger partial charge in [-0.05, 0) is 44.2 Å². The number of aryl methyl sites for hydroxylation is 1. The molecular formula is C15H24N2O. The van der Waals surface area contributed by atoms with Gasteiger partial charge in [0.15, 0.2) is 0 Å². The van der Waals surface area contributed by atoms with Gasteiger partial charge in [0.1, 0.15) is 0 Å². The number of piperidine rings is 1. The van der Waals surface area contributed by atoms with Crippen LogP contribution in [0.2, 0.25) is 0 Å². The second-order valence-electron chi connectivity index (χ2n) is 5.19. The average molecular weight is 248 g/mol. The third-order valence-electron chi connectivity index (χ3n) is 3.85. The molecule has 1 atom stereocenters. The zero-order valence-corrected chi connectivity index (χ0v) is 11.2. The molecule has 1 aromatic carbocycles. The number of nitrogens with two attached hydrogens (primary N) is 1. The van der Waals surface area contributed by atoms with Crippen molar-refractivity contribution >= 4 is 5.69 Å². The fraction of sp³-hybridized carbons (Fsp3) is 0.600. The van der Waals surface area contributed by atoms with Crippen LogP contribution in [-0.2, 0) is 6.54 Å². The number of anilines is 1. The lowest BCUT2D eigenvalue weighted by Crippen LogP contribution is -2.40. The summed E-state index contributed by atoms with van der Waals surface area (Å²) >= 11 is 0. The zero-order chi connectivity index (χ0) is 13.0. The number of aliphatic hydroxyl groups is 1. The Morgan fingerprint density at radius 1 is 1.39 bits per heavy atom.